The fraction of sp³-hybridized carbons (Fsp3) is 0.292. The molecule has 0 saturated carbocycles. The molecule has 0 spiro atoms. The number of rotatable bonds is 9. The molecule has 0 bridgehead atoms. The van der Waals surface area contributed by atoms with Crippen LogP contribution >= 0.6 is 11.6 Å². The quantitative estimate of drug-likeness (QED) is 0.279. The molecule has 0 radical (unpaired) electrons. The predicted molar refractivity (Wildman–Crippen MR) is 122 cm³/mol. The van der Waals surface area contributed by atoms with Crippen LogP contribution in [-0.4, -0.2) is 29.3 Å². The highest BCUT2D eigenvalue weighted by molar-refractivity contribution is 6.33. The van der Waals surface area contributed by atoms with Crippen LogP contribution in [-0.2, 0) is 22.5 Å². The van der Waals surface area contributed by atoms with Crippen molar-refractivity contribution in [1.82, 2.24) is 4.57 Å². The van der Waals surface area contributed by atoms with Crippen LogP contribution in [0, 0.1) is 0 Å². The number of nitrogens with zero attached hydrogens (tertiary/aromatic N) is 1. The van der Waals surface area contributed by atoms with E-state index < -0.39 is 5.97 Å². The Morgan fingerprint density at radius 1 is 1.19 bits per heavy atom. The minimum absolute atomic E-state index is 0.0280. The van der Waals surface area contributed by atoms with E-state index in [1.807, 2.05) is 32.0 Å². The number of para-hydroxylation sites is 1. The summed E-state index contributed by atoms with van der Waals surface area (Å²) in [5.41, 5.74) is 3.13. The number of halogens is 1. The number of nitrogens with one attached hydrogen (secondary N) is 1. The number of hydrogen-bond donors (Lipinski definition) is 1. The molecule has 1 amide bonds. The lowest BCUT2D eigenvalue weighted by molar-refractivity contribution is -0.116. The molecule has 0 aliphatic heterocycles. The Labute approximate surface area is 186 Å². The highest BCUT2D eigenvalue weighted by Crippen LogP contribution is 2.25. The van der Waals surface area contributed by atoms with E-state index in [2.05, 4.69) is 5.32 Å². The summed E-state index contributed by atoms with van der Waals surface area (Å²) in [5, 5.41) is 3.88. The van der Waals surface area contributed by atoms with E-state index in [9.17, 15) is 14.4 Å². The molecule has 0 aliphatic carbocycles. The van der Waals surface area contributed by atoms with Gasteiger partial charge in [-0.25, -0.2) is 4.79 Å². The van der Waals surface area contributed by atoms with E-state index in [-0.39, 0.29) is 23.0 Å². The molecule has 1 aromatic heterocycles. The highest BCUT2D eigenvalue weighted by atomic mass is 35.5. The van der Waals surface area contributed by atoms with Crippen molar-refractivity contribution in [2.45, 2.75) is 39.7 Å². The fourth-order valence-electron chi connectivity index (χ4n) is 3.47. The molecular formula is C24H25ClN2O4. The van der Waals surface area contributed by atoms with Crippen LogP contribution < -0.4 is 5.32 Å². The molecule has 2 aromatic carbocycles. The molecule has 0 unspecified atom stereocenters. The number of unbranched alkanes of at least 4 members (excludes halogenated alkanes) is 1. The van der Waals surface area contributed by atoms with Gasteiger partial charge < -0.3 is 14.6 Å². The molecule has 6 nitrogen and oxygen atoms in total. The molecule has 0 fully saturated rings. The monoisotopic (exact) mass is 440 g/mol. The number of aromatic nitrogens is 1. The Balaban J connectivity index is 1.79. The number of hydrogen-bond acceptors (Lipinski definition) is 4. The molecule has 31 heavy (non-hydrogen) atoms. The largest absolute Gasteiger partial charge is 0.462 e. The molecule has 7 heteroatoms. The van der Waals surface area contributed by atoms with E-state index in [1.165, 1.54) is 6.07 Å². The van der Waals surface area contributed by atoms with Crippen molar-refractivity contribution < 1.29 is 19.1 Å². The second-order valence-corrected chi connectivity index (χ2v) is 7.64. The molecular weight excluding hydrogens is 416 g/mol. The number of esters is 1. The van der Waals surface area contributed by atoms with E-state index in [0.717, 1.165) is 42.0 Å². The van der Waals surface area contributed by atoms with Gasteiger partial charge in [-0.15, -0.1) is 0 Å². The second kappa shape index (κ2) is 10.3. The zero-order valence-corrected chi connectivity index (χ0v) is 18.4. The van der Waals surface area contributed by atoms with Gasteiger partial charge in [0.05, 0.1) is 22.7 Å². The summed E-state index contributed by atoms with van der Waals surface area (Å²) in [6.07, 6.45) is 4.95. The molecule has 0 aliphatic rings. The smallest absolute Gasteiger partial charge is 0.339 e. The Kier molecular flexibility index (Phi) is 7.47. The number of aryl methyl sites for hydroxylation is 1. The zero-order valence-electron chi connectivity index (χ0n) is 17.6. The maximum atomic E-state index is 12.7. The Hall–Kier alpha value is -3.12. The summed E-state index contributed by atoms with van der Waals surface area (Å²) < 4.78 is 7.00. The zero-order chi connectivity index (χ0) is 22.4. The van der Waals surface area contributed by atoms with Crippen LogP contribution in [0.15, 0.2) is 42.6 Å². The first kappa shape index (κ1) is 22.6. The molecule has 3 rings (SSSR count). The van der Waals surface area contributed by atoms with Crippen molar-refractivity contribution in [3.63, 3.8) is 0 Å². The Bertz CT molecular complexity index is 1120. The van der Waals surface area contributed by atoms with Crippen molar-refractivity contribution in [2.75, 3.05) is 11.9 Å². The molecule has 162 valence electrons. The van der Waals surface area contributed by atoms with Gasteiger partial charge in [-0.2, -0.15) is 0 Å². The summed E-state index contributed by atoms with van der Waals surface area (Å²) in [6.45, 7) is 4.38. The minimum atomic E-state index is -0.519. The van der Waals surface area contributed by atoms with Crippen LogP contribution in [0.25, 0.3) is 10.9 Å². The highest BCUT2D eigenvalue weighted by Gasteiger charge is 2.16. The number of benzene rings is 2. The molecule has 1 heterocycles. The lowest BCUT2D eigenvalue weighted by Gasteiger charge is -2.11. The molecule has 1 N–H and O–H groups in total. The first-order valence-corrected chi connectivity index (χ1v) is 10.7. The van der Waals surface area contributed by atoms with E-state index in [1.54, 1.807) is 22.9 Å². The van der Waals surface area contributed by atoms with Gasteiger partial charge in [-0.3, -0.25) is 9.59 Å². The van der Waals surface area contributed by atoms with E-state index in [4.69, 9.17) is 16.3 Å². The van der Waals surface area contributed by atoms with Gasteiger partial charge >= 0.3 is 5.97 Å². The van der Waals surface area contributed by atoms with Crippen LogP contribution in [0.4, 0.5) is 5.69 Å². The van der Waals surface area contributed by atoms with Crippen molar-refractivity contribution in [2.24, 2.45) is 0 Å². The van der Waals surface area contributed by atoms with Gasteiger partial charge in [0.25, 0.3) is 0 Å². The topological polar surface area (TPSA) is 77.4 Å². The minimum Gasteiger partial charge on any atom is -0.462 e. The van der Waals surface area contributed by atoms with Gasteiger partial charge in [0.15, 0.2) is 6.29 Å². The maximum Gasteiger partial charge on any atom is 0.339 e. The van der Waals surface area contributed by atoms with Crippen LogP contribution in [0.3, 0.4) is 0 Å². The normalized spacial score (nSPS) is 10.8. The maximum absolute atomic E-state index is 12.7. The van der Waals surface area contributed by atoms with Crippen molar-refractivity contribution in [1.29, 1.82) is 0 Å². The summed E-state index contributed by atoms with van der Waals surface area (Å²) in [5.74, 6) is -0.804. The molecule has 3 aromatic rings. The van der Waals surface area contributed by atoms with Crippen molar-refractivity contribution in [3.8, 4) is 0 Å². The standard InChI is InChI=1S/C24H25ClN2O4/c1-3-5-11-31-24(30)20-12-18(9-10-21(20)25)26-22(29)14-27-13-17(15-28)19-8-6-7-16(4-2)23(19)27/h6-10,12-13,15H,3-5,11,14H2,1-2H3,(H,26,29). The average Bonchev–Trinajstić information content (AvgIpc) is 3.12. The predicted octanol–water partition coefficient (Wildman–Crippen LogP) is 5.27. The van der Waals surface area contributed by atoms with Gasteiger partial charge in [-0.05, 0) is 36.6 Å². The first-order chi connectivity index (χ1) is 15.0. The summed E-state index contributed by atoms with van der Waals surface area (Å²) in [4.78, 5) is 36.5. The SMILES string of the molecule is CCCCOC(=O)c1cc(NC(=O)Cn2cc(C=O)c3cccc(CC)c32)ccc1Cl. The number of carbonyl (C=O) groups excluding carboxylic acids is 3. The Morgan fingerprint density at radius 2 is 2.00 bits per heavy atom. The van der Waals surface area contributed by atoms with Gasteiger partial charge in [0.1, 0.15) is 6.54 Å². The second-order valence-electron chi connectivity index (χ2n) is 7.23. The van der Waals surface area contributed by atoms with Crippen LogP contribution in [0.5, 0.6) is 0 Å². The number of carbonyl (C=O) groups is 3. The number of anilines is 1. The Morgan fingerprint density at radius 3 is 2.71 bits per heavy atom. The third-order valence-corrected chi connectivity index (χ3v) is 5.37. The number of fused-ring (bicyclic) bond motifs is 1. The summed E-state index contributed by atoms with van der Waals surface area (Å²) in [7, 11) is 0. The third kappa shape index (κ3) is 5.14. The van der Waals surface area contributed by atoms with E-state index >= 15 is 0 Å². The van der Waals surface area contributed by atoms with Gasteiger partial charge in [-0.1, -0.05) is 50.1 Å². The fourth-order valence-corrected chi connectivity index (χ4v) is 3.67. The first-order valence-electron chi connectivity index (χ1n) is 10.3. The van der Waals surface area contributed by atoms with E-state index in [0.29, 0.717) is 17.9 Å². The molecule has 0 atom stereocenters. The number of ether oxygens (including phenoxy) is 1. The third-order valence-electron chi connectivity index (χ3n) is 5.04. The lowest BCUT2D eigenvalue weighted by Crippen LogP contribution is -2.19. The van der Waals surface area contributed by atoms with Crippen molar-refractivity contribution >= 4 is 46.4 Å². The van der Waals surface area contributed by atoms with Crippen LogP contribution in [0.2, 0.25) is 5.02 Å². The summed E-state index contributed by atoms with van der Waals surface area (Å²) >= 11 is 6.14. The van der Waals surface area contributed by atoms with Crippen molar-refractivity contribution in [3.05, 3.63) is 64.3 Å². The van der Waals surface area contributed by atoms with Crippen LogP contribution in [0.1, 0.15) is 53.0 Å². The lowest BCUT2D eigenvalue weighted by atomic mass is 10.1. The number of aldehydes is 1. The average molecular weight is 441 g/mol. The number of amides is 1. The van der Waals surface area contributed by atoms with Gasteiger partial charge in [0, 0.05) is 22.8 Å². The van der Waals surface area contributed by atoms with Gasteiger partial charge in [0.2, 0.25) is 5.91 Å². The summed E-state index contributed by atoms with van der Waals surface area (Å²) in [6, 6.07) is 10.5. The molecule has 0 saturated heterocycles.